The maximum absolute atomic E-state index is 13.5. The minimum atomic E-state index is -4.07. The van der Waals surface area contributed by atoms with E-state index in [4.69, 9.17) is 5.11 Å². The first kappa shape index (κ1) is 12.9. The highest BCUT2D eigenvalue weighted by Gasteiger charge is 2.20. The van der Waals surface area contributed by atoms with Crippen LogP contribution < -0.4 is 4.72 Å². The molecule has 18 heavy (non-hydrogen) atoms. The number of hydrogen-bond donors (Lipinski definition) is 2. The number of rotatable bonds is 4. The number of aromatic nitrogens is 2. The van der Waals surface area contributed by atoms with Gasteiger partial charge in [-0.2, -0.15) is 0 Å². The van der Waals surface area contributed by atoms with Crippen molar-refractivity contribution in [2.24, 2.45) is 0 Å². The zero-order valence-electron chi connectivity index (χ0n) is 8.87. The van der Waals surface area contributed by atoms with Crippen LogP contribution in [0.1, 0.15) is 5.56 Å². The van der Waals surface area contributed by atoms with Crippen LogP contribution >= 0.6 is 11.3 Å². The van der Waals surface area contributed by atoms with Crippen molar-refractivity contribution >= 4 is 26.5 Å². The van der Waals surface area contributed by atoms with Gasteiger partial charge in [-0.15, -0.1) is 10.2 Å². The van der Waals surface area contributed by atoms with Crippen LogP contribution in [0.4, 0.5) is 9.52 Å². The number of nitrogens with zero attached hydrogens (tertiary/aromatic N) is 2. The van der Waals surface area contributed by atoms with E-state index >= 15 is 0 Å². The average Bonchev–Trinajstić information content (AvgIpc) is 2.81. The molecule has 0 spiro atoms. The Morgan fingerprint density at radius 1 is 1.44 bits per heavy atom. The summed E-state index contributed by atoms with van der Waals surface area (Å²) in [5.74, 6) is -0.899. The van der Waals surface area contributed by atoms with Crippen molar-refractivity contribution in [3.05, 3.63) is 35.1 Å². The molecule has 0 amide bonds. The number of aliphatic hydroxyl groups is 1. The zero-order valence-corrected chi connectivity index (χ0v) is 10.5. The molecule has 0 fully saturated rings. The number of halogens is 1. The van der Waals surface area contributed by atoms with E-state index in [-0.39, 0.29) is 11.7 Å². The number of anilines is 1. The van der Waals surface area contributed by atoms with Gasteiger partial charge < -0.3 is 5.11 Å². The van der Waals surface area contributed by atoms with Gasteiger partial charge in [0.05, 0.1) is 6.61 Å². The van der Waals surface area contributed by atoms with Crippen LogP contribution in [0.15, 0.2) is 28.6 Å². The molecule has 0 radical (unpaired) electrons. The van der Waals surface area contributed by atoms with Crippen molar-refractivity contribution < 1.29 is 17.9 Å². The third-order valence-corrected chi connectivity index (χ3v) is 4.14. The molecule has 0 aliphatic heterocycles. The molecule has 0 saturated heterocycles. The van der Waals surface area contributed by atoms with Gasteiger partial charge in [0, 0.05) is 0 Å². The summed E-state index contributed by atoms with van der Waals surface area (Å²) in [4.78, 5) is -0.538. The van der Waals surface area contributed by atoms with E-state index < -0.39 is 20.7 Å². The van der Waals surface area contributed by atoms with Crippen LogP contribution in [-0.4, -0.2) is 23.7 Å². The molecule has 96 valence electrons. The molecule has 1 heterocycles. The average molecular weight is 289 g/mol. The Bertz CT molecular complexity index is 643. The summed E-state index contributed by atoms with van der Waals surface area (Å²) in [5.41, 5.74) is 1.65. The van der Waals surface area contributed by atoms with Crippen LogP contribution in [0.3, 0.4) is 0 Å². The summed E-state index contributed by atoms with van der Waals surface area (Å²) in [5, 5.41) is 15.9. The highest BCUT2D eigenvalue weighted by Crippen LogP contribution is 2.20. The first-order valence-electron chi connectivity index (χ1n) is 4.71. The molecule has 2 rings (SSSR count). The van der Waals surface area contributed by atoms with Crippen molar-refractivity contribution in [2.45, 2.75) is 11.5 Å². The molecule has 1 aromatic carbocycles. The van der Waals surface area contributed by atoms with Crippen molar-refractivity contribution in [1.29, 1.82) is 0 Å². The number of aliphatic hydroxyl groups excluding tert-OH is 1. The lowest BCUT2D eigenvalue weighted by Gasteiger charge is -2.07. The smallest absolute Gasteiger partial charge is 0.266 e. The van der Waals surface area contributed by atoms with E-state index in [1.54, 1.807) is 0 Å². The van der Waals surface area contributed by atoms with Gasteiger partial charge >= 0.3 is 0 Å². The zero-order chi connectivity index (χ0) is 13.2. The van der Waals surface area contributed by atoms with Crippen molar-refractivity contribution in [3.8, 4) is 0 Å². The SMILES string of the molecule is O=S(=O)(Nc1nncs1)c1cc(CO)ccc1F. The van der Waals surface area contributed by atoms with Crippen LogP contribution in [0.2, 0.25) is 0 Å². The van der Waals surface area contributed by atoms with Crippen LogP contribution in [0.25, 0.3) is 0 Å². The van der Waals surface area contributed by atoms with Gasteiger partial charge in [-0.25, -0.2) is 12.8 Å². The predicted octanol–water partition coefficient (Wildman–Crippen LogP) is 0.970. The molecule has 0 unspecified atom stereocenters. The Morgan fingerprint density at radius 3 is 2.83 bits per heavy atom. The summed E-state index contributed by atoms with van der Waals surface area (Å²) in [7, 11) is -4.07. The van der Waals surface area contributed by atoms with Gasteiger partial charge in [-0.05, 0) is 17.7 Å². The maximum atomic E-state index is 13.5. The molecule has 9 heteroatoms. The summed E-state index contributed by atoms with van der Waals surface area (Å²) in [6.07, 6.45) is 0. The van der Waals surface area contributed by atoms with E-state index in [1.807, 2.05) is 0 Å². The van der Waals surface area contributed by atoms with Gasteiger partial charge in [0.15, 0.2) is 0 Å². The number of nitrogens with one attached hydrogen (secondary N) is 1. The molecule has 2 N–H and O–H groups in total. The first-order valence-corrected chi connectivity index (χ1v) is 7.07. The summed E-state index contributed by atoms with van der Waals surface area (Å²) in [6.45, 7) is -0.373. The number of sulfonamides is 1. The molecule has 0 aliphatic rings. The highest BCUT2D eigenvalue weighted by molar-refractivity contribution is 7.93. The van der Waals surface area contributed by atoms with E-state index in [2.05, 4.69) is 14.9 Å². The Kier molecular flexibility index (Phi) is 3.55. The fraction of sp³-hybridized carbons (Fsp3) is 0.111. The Balaban J connectivity index is 2.40. The molecule has 0 saturated carbocycles. The molecule has 1 aromatic heterocycles. The molecular weight excluding hydrogens is 281 g/mol. The fourth-order valence-corrected chi connectivity index (χ4v) is 3.06. The van der Waals surface area contributed by atoms with Crippen LogP contribution in [0.5, 0.6) is 0 Å². The van der Waals surface area contributed by atoms with Gasteiger partial charge in [0.25, 0.3) is 10.0 Å². The van der Waals surface area contributed by atoms with Crippen molar-refractivity contribution in [1.82, 2.24) is 10.2 Å². The minimum absolute atomic E-state index is 0.0452. The van der Waals surface area contributed by atoms with Crippen molar-refractivity contribution in [2.75, 3.05) is 4.72 Å². The van der Waals surface area contributed by atoms with E-state index in [9.17, 15) is 12.8 Å². The second-order valence-electron chi connectivity index (χ2n) is 3.27. The second-order valence-corrected chi connectivity index (χ2v) is 5.76. The quantitative estimate of drug-likeness (QED) is 0.875. The molecule has 6 nitrogen and oxygen atoms in total. The number of benzene rings is 1. The summed E-state index contributed by atoms with van der Waals surface area (Å²) >= 11 is 0.976. The third-order valence-electron chi connectivity index (χ3n) is 2.05. The lowest BCUT2D eigenvalue weighted by molar-refractivity contribution is 0.281. The van der Waals surface area contributed by atoms with Gasteiger partial charge in [0.2, 0.25) is 5.13 Å². The highest BCUT2D eigenvalue weighted by atomic mass is 32.2. The van der Waals surface area contributed by atoms with Crippen LogP contribution in [0, 0.1) is 5.82 Å². The minimum Gasteiger partial charge on any atom is -0.392 e. The van der Waals surface area contributed by atoms with Gasteiger partial charge in [-0.3, -0.25) is 4.72 Å². The normalized spacial score (nSPS) is 11.4. The summed E-state index contributed by atoms with van der Waals surface area (Å²) in [6, 6.07) is 3.36. The lowest BCUT2D eigenvalue weighted by atomic mass is 10.2. The topological polar surface area (TPSA) is 92.2 Å². The third kappa shape index (κ3) is 2.63. The largest absolute Gasteiger partial charge is 0.392 e. The Hall–Kier alpha value is -1.58. The van der Waals surface area contributed by atoms with Crippen LogP contribution in [-0.2, 0) is 16.6 Å². The molecule has 0 bridgehead atoms. The summed E-state index contributed by atoms with van der Waals surface area (Å²) < 4.78 is 39.4. The van der Waals surface area contributed by atoms with E-state index in [1.165, 1.54) is 11.6 Å². The Labute approximate surface area is 106 Å². The molecule has 2 aromatic rings. The lowest BCUT2D eigenvalue weighted by Crippen LogP contribution is -2.15. The van der Waals surface area contributed by atoms with Gasteiger partial charge in [-0.1, -0.05) is 17.4 Å². The first-order chi connectivity index (χ1) is 8.53. The van der Waals surface area contributed by atoms with Gasteiger partial charge in [0.1, 0.15) is 16.2 Å². The van der Waals surface area contributed by atoms with E-state index in [0.717, 1.165) is 23.5 Å². The molecule has 0 atom stereocenters. The Morgan fingerprint density at radius 2 is 2.22 bits per heavy atom. The molecule has 0 aliphatic carbocycles. The van der Waals surface area contributed by atoms with E-state index in [0.29, 0.717) is 5.56 Å². The maximum Gasteiger partial charge on any atom is 0.266 e. The standard InChI is InChI=1S/C9H8FN3O3S2/c10-7-2-1-6(4-14)3-8(7)18(15,16)13-9-12-11-5-17-9/h1-3,5,14H,4H2,(H,12,13). The number of hydrogen-bond acceptors (Lipinski definition) is 6. The predicted molar refractivity (Wildman–Crippen MR) is 63.0 cm³/mol. The van der Waals surface area contributed by atoms with Crippen molar-refractivity contribution in [3.63, 3.8) is 0 Å². The monoisotopic (exact) mass is 289 g/mol. The fourth-order valence-electron chi connectivity index (χ4n) is 1.24. The molecular formula is C9H8FN3O3S2. The second kappa shape index (κ2) is 4.96.